The van der Waals surface area contributed by atoms with Crippen molar-refractivity contribution in [1.29, 1.82) is 0 Å². The number of nitrogens with zero attached hydrogens (tertiary/aromatic N) is 2. The lowest BCUT2D eigenvalue weighted by Gasteiger charge is -2.16. The van der Waals surface area contributed by atoms with E-state index in [1.54, 1.807) is 24.3 Å². The van der Waals surface area contributed by atoms with Crippen LogP contribution in [0.25, 0.3) is 0 Å². The van der Waals surface area contributed by atoms with Crippen molar-refractivity contribution in [3.05, 3.63) is 64.1 Å². The van der Waals surface area contributed by atoms with Crippen LogP contribution in [-0.4, -0.2) is 24.6 Å². The average Bonchev–Trinajstić information content (AvgIpc) is 3.04. The molecule has 0 aliphatic carbocycles. The van der Waals surface area contributed by atoms with Crippen molar-refractivity contribution in [2.75, 3.05) is 11.4 Å². The Morgan fingerprint density at radius 2 is 1.86 bits per heavy atom. The van der Waals surface area contributed by atoms with E-state index in [0.717, 1.165) is 16.8 Å². The van der Waals surface area contributed by atoms with Gasteiger partial charge in [-0.1, -0.05) is 34.1 Å². The van der Waals surface area contributed by atoms with Crippen molar-refractivity contribution in [2.24, 2.45) is 11.0 Å². The molecule has 2 aromatic rings. The zero-order valence-electron chi connectivity index (χ0n) is 14.4. The number of carbonyl (C=O) groups excluding carboxylic acids is 2. The molecule has 1 atom stereocenters. The molecular weight excluding hydrogens is 439 g/mol. The molecule has 2 amide bonds. The highest BCUT2D eigenvalue weighted by Gasteiger charge is 2.35. The summed E-state index contributed by atoms with van der Waals surface area (Å²) in [6.07, 6.45) is -3.56. The van der Waals surface area contributed by atoms with Crippen molar-refractivity contribution in [2.45, 2.75) is 12.6 Å². The second-order valence-corrected chi connectivity index (χ2v) is 7.12. The fraction of sp³-hybridized carbons (Fsp3) is 0.211. The van der Waals surface area contributed by atoms with E-state index in [-0.39, 0.29) is 24.4 Å². The van der Waals surface area contributed by atoms with Gasteiger partial charge in [-0.2, -0.15) is 18.3 Å². The Morgan fingerprint density at radius 3 is 2.54 bits per heavy atom. The maximum atomic E-state index is 13.0. The zero-order valence-corrected chi connectivity index (χ0v) is 16.0. The minimum Gasteiger partial charge on any atom is -0.312 e. The highest BCUT2D eigenvalue weighted by molar-refractivity contribution is 9.10. The summed E-state index contributed by atoms with van der Waals surface area (Å²) in [7, 11) is 0. The molecule has 3 rings (SSSR count). The lowest BCUT2D eigenvalue weighted by molar-refractivity contribution is -0.137. The van der Waals surface area contributed by atoms with Crippen LogP contribution in [0, 0.1) is 5.92 Å². The lowest BCUT2D eigenvalue weighted by Crippen LogP contribution is -2.30. The molecule has 1 fully saturated rings. The van der Waals surface area contributed by atoms with Gasteiger partial charge in [0.25, 0.3) is 0 Å². The summed E-state index contributed by atoms with van der Waals surface area (Å²) in [4.78, 5) is 26.0. The van der Waals surface area contributed by atoms with Crippen LogP contribution >= 0.6 is 15.9 Å². The Kier molecular flexibility index (Phi) is 5.83. The second-order valence-electron chi connectivity index (χ2n) is 6.20. The first-order chi connectivity index (χ1) is 13.3. The monoisotopic (exact) mass is 453 g/mol. The molecule has 1 aliphatic heterocycles. The molecule has 146 valence electrons. The SMILES string of the molecule is O=C(NN=Cc1ccccc1C(F)(F)F)C1CC(=O)N(c2ccc(Br)cc2)C1. The largest absolute Gasteiger partial charge is 0.417 e. The summed E-state index contributed by atoms with van der Waals surface area (Å²) < 4.78 is 39.7. The number of alkyl halides is 3. The van der Waals surface area contributed by atoms with Gasteiger partial charge in [0, 0.05) is 28.7 Å². The smallest absolute Gasteiger partial charge is 0.312 e. The van der Waals surface area contributed by atoms with Gasteiger partial charge in [0.05, 0.1) is 17.7 Å². The van der Waals surface area contributed by atoms with Gasteiger partial charge in [0.1, 0.15) is 0 Å². The van der Waals surface area contributed by atoms with Crippen molar-refractivity contribution >= 4 is 39.6 Å². The van der Waals surface area contributed by atoms with E-state index in [0.29, 0.717) is 5.69 Å². The van der Waals surface area contributed by atoms with Crippen molar-refractivity contribution in [1.82, 2.24) is 5.43 Å². The first kappa shape index (κ1) is 20.1. The van der Waals surface area contributed by atoms with E-state index >= 15 is 0 Å². The third-order valence-corrected chi connectivity index (χ3v) is 4.81. The predicted molar refractivity (Wildman–Crippen MR) is 102 cm³/mol. The lowest BCUT2D eigenvalue weighted by atomic mass is 10.1. The molecule has 0 aromatic heterocycles. The van der Waals surface area contributed by atoms with Crippen LogP contribution in [0.15, 0.2) is 58.1 Å². The number of carbonyl (C=O) groups is 2. The standard InChI is InChI=1S/C19H15BrF3N3O2/c20-14-5-7-15(8-6-14)26-11-13(9-17(26)27)18(28)25-24-10-12-3-1-2-4-16(12)19(21,22)23/h1-8,10,13H,9,11H2,(H,25,28). The van der Waals surface area contributed by atoms with Crippen LogP contribution in [0.2, 0.25) is 0 Å². The number of rotatable bonds is 4. The average molecular weight is 454 g/mol. The maximum Gasteiger partial charge on any atom is 0.417 e. The van der Waals surface area contributed by atoms with Crippen molar-refractivity contribution in [3.63, 3.8) is 0 Å². The molecule has 0 saturated carbocycles. The summed E-state index contributed by atoms with van der Waals surface area (Å²) in [6, 6.07) is 12.0. The van der Waals surface area contributed by atoms with Gasteiger partial charge in [0.2, 0.25) is 11.8 Å². The van der Waals surface area contributed by atoms with E-state index in [1.165, 1.54) is 23.1 Å². The molecule has 0 bridgehead atoms. The molecule has 0 spiro atoms. The minimum atomic E-state index is -4.52. The number of amides is 2. The molecule has 1 heterocycles. The fourth-order valence-corrected chi connectivity index (χ4v) is 3.14. The van der Waals surface area contributed by atoms with Crippen LogP contribution in [-0.2, 0) is 15.8 Å². The van der Waals surface area contributed by atoms with E-state index in [4.69, 9.17) is 0 Å². The first-order valence-electron chi connectivity index (χ1n) is 8.31. The summed E-state index contributed by atoms with van der Waals surface area (Å²) in [5, 5.41) is 3.63. The van der Waals surface area contributed by atoms with Gasteiger partial charge in [0.15, 0.2) is 0 Å². The van der Waals surface area contributed by atoms with Crippen LogP contribution in [0.3, 0.4) is 0 Å². The van der Waals surface area contributed by atoms with Crippen LogP contribution in [0.4, 0.5) is 18.9 Å². The Morgan fingerprint density at radius 1 is 1.18 bits per heavy atom. The molecular formula is C19H15BrF3N3O2. The van der Waals surface area contributed by atoms with Gasteiger partial charge < -0.3 is 4.90 Å². The fourth-order valence-electron chi connectivity index (χ4n) is 2.88. The molecule has 5 nitrogen and oxygen atoms in total. The second kappa shape index (κ2) is 8.14. The summed E-state index contributed by atoms with van der Waals surface area (Å²) in [5.74, 6) is -1.35. The van der Waals surface area contributed by atoms with Gasteiger partial charge in [-0.05, 0) is 30.3 Å². The van der Waals surface area contributed by atoms with Crippen molar-refractivity contribution < 1.29 is 22.8 Å². The Bertz CT molecular complexity index is 913. The number of halogens is 4. The normalized spacial score (nSPS) is 17.4. The number of hydrazone groups is 1. The van der Waals surface area contributed by atoms with Gasteiger partial charge >= 0.3 is 6.18 Å². The number of anilines is 1. The highest BCUT2D eigenvalue weighted by atomic mass is 79.9. The third-order valence-electron chi connectivity index (χ3n) is 4.28. The zero-order chi connectivity index (χ0) is 20.3. The summed E-state index contributed by atoms with van der Waals surface area (Å²) >= 11 is 3.32. The van der Waals surface area contributed by atoms with Crippen LogP contribution in [0.1, 0.15) is 17.5 Å². The predicted octanol–water partition coefficient (Wildman–Crippen LogP) is 3.97. The topological polar surface area (TPSA) is 61.8 Å². The quantitative estimate of drug-likeness (QED) is 0.562. The maximum absolute atomic E-state index is 13.0. The van der Waals surface area contributed by atoms with Gasteiger partial charge in [-0.3, -0.25) is 9.59 Å². The molecule has 28 heavy (non-hydrogen) atoms. The molecule has 1 aliphatic rings. The molecule has 2 aromatic carbocycles. The van der Waals surface area contributed by atoms with Crippen LogP contribution < -0.4 is 10.3 Å². The van der Waals surface area contributed by atoms with Crippen LogP contribution in [0.5, 0.6) is 0 Å². The van der Waals surface area contributed by atoms with E-state index < -0.39 is 23.6 Å². The molecule has 1 unspecified atom stereocenters. The number of hydrogen-bond donors (Lipinski definition) is 1. The highest BCUT2D eigenvalue weighted by Crippen LogP contribution is 2.31. The first-order valence-corrected chi connectivity index (χ1v) is 9.10. The van der Waals surface area contributed by atoms with E-state index in [2.05, 4.69) is 26.5 Å². The van der Waals surface area contributed by atoms with Gasteiger partial charge in [-0.15, -0.1) is 0 Å². The van der Waals surface area contributed by atoms with E-state index in [9.17, 15) is 22.8 Å². The Labute approximate surface area is 167 Å². The number of benzene rings is 2. The molecule has 0 radical (unpaired) electrons. The summed E-state index contributed by atoms with van der Waals surface area (Å²) in [5.41, 5.74) is 1.90. The Hall–Kier alpha value is -2.68. The van der Waals surface area contributed by atoms with Crippen molar-refractivity contribution in [3.8, 4) is 0 Å². The Balaban J connectivity index is 1.64. The third kappa shape index (κ3) is 4.59. The molecule has 1 saturated heterocycles. The van der Waals surface area contributed by atoms with E-state index in [1.807, 2.05) is 0 Å². The molecule has 1 N–H and O–H groups in total. The number of nitrogens with one attached hydrogen (secondary N) is 1. The molecule has 9 heteroatoms. The summed E-state index contributed by atoms with van der Waals surface area (Å²) in [6.45, 7) is 0.182. The minimum absolute atomic E-state index is 0.0105. The number of hydrogen-bond acceptors (Lipinski definition) is 3. The van der Waals surface area contributed by atoms with Gasteiger partial charge in [-0.25, -0.2) is 5.43 Å².